The van der Waals surface area contributed by atoms with E-state index in [4.69, 9.17) is 9.47 Å². The first kappa shape index (κ1) is 21.4. The number of ether oxygens (including phenoxy) is 2. The van der Waals surface area contributed by atoms with Gasteiger partial charge in [-0.2, -0.15) is 0 Å². The molecule has 0 unspecified atom stereocenters. The zero-order valence-electron chi connectivity index (χ0n) is 16.9. The molecule has 0 aromatic heterocycles. The quantitative estimate of drug-likeness (QED) is 0.660. The number of methoxy groups -OCH3 is 1. The molecule has 0 spiro atoms. The number of benzene rings is 2. The number of rotatable bonds is 7. The lowest BCUT2D eigenvalue weighted by Gasteiger charge is -2.13. The number of para-hydroxylation sites is 1. The van der Waals surface area contributed by atoms with Gasteiger partial charge >= 0.3 is 5.97 Å². The van der Waals surface area contributed by atoms with Crippen LogP contribution in [0.25, 0.3) is 6.08 Å². The number of thioether (sulfide) groups is 1. The maximum Gasteiger partial charge on any atom is 0.335 e. The number of carboxylic acid groups (broad SMARTS) is 1. The van der Waals surface area contributed by atoms with Crippen LogP contribution in [-0.4, -0.2) is 47.3 Å². The maximum absolute atomic E-state index is 12.9. The number of carbonyl (C=O) groups is 2. The van der Waals surface area contributed by atoms with Crippen LogP contribution in [0.5, 0.6) is 11.5 Å². The van der Waals surface area contributed by atoms with Crippen molar-refractivity contribution in [2.45, 2.75) is 13.8 Å². The Bertz CT molecular complexity index is 1030. The summed E-state index contributed by atoms with van der Waals surface area (Å²) in [5, 5.41) is 9.68. The van der Waals surface area contributed by atoms with E-state index >= 15 is 0 Å². The first-order chi connectivity index (χ1) is 14.5. The summed E-state index contributed by atoms with van der Waals surface area (Å²) in [6.07, 6.45) is 1.76. The summed E-state index contributed by atoms with van der Waals surface area (Å²) in [4.78, 5) is 30.7. The zero-order chi connectivity index (χ0) is 21.7. The highest BCUT2D eigenvalue weighted by molar-refractivity contribution is 8.18. The highest BCUT2D eigenvalue weighted by atomic mass is 32.2. The molecule has 1 amide bonds. The molecule has 7 nitrogen and oxygen atoms in total. The van der Waals surface area contributed by atoms with Gasteiger partial charge in [0.2, 0.25) is 0 Å². The van der Waals surface area contributed by atoms with Gasteiger partial charge < -0.3 is 14.6 Å². The van der Waals surface area contributed by atoms with Crippen LogP contribution in [0.3, 0.4) is 0 Å². The third kappa shape index (κ3) is 4.49. The van der Waals surface area contributed by atoms with Gasteiger partial charge in [-0.25, -0.2) is 9.79 Å². The number of amidine groups is 1. The normalized spacial score (nSPS) is 16.4. The third-order valence-corrected chi connectivity index (χ3v) is 5.33. The molecule has 1 aliphatic rings. The van der Waals surface area contributed by atoms with Gasteiger partial charge in [0.25, 0.3) is 5.91 Å². The molecule has 30 heavy (non-hydrogen) atoms. The van der Waals surface area contributed by atoms with E-state index in [1.165, 1.54) is 23.9 Å². The van der Waals surface area contributed by atoms with Gasteiger partial charge in [0.15, 0.2) is 16.7 Å². The summed E-state index contributed by atoms with van der Waals surface area (Å²) in [5.41, 5.74) is 1.35. The molecular formula is C22H22N2O5S. The van der Waals surface area contributed by atoms with Gasteiger partial charge in [-0.15, -0.1) is 0 Å². The molecule has 0 atom stereocenters. The van der Waals surface area contributed by atoms with Gasteiger partial charge in [0.1, 0.15) is 0 Å². The van der Waals surface area contributed by atoms with Crippen molar-refractivity contribution < 1.29 is 24.2 Å². The second kappa shape index (κ2) is 9.49. The Morgan fingerprint density at radius 3 is 2.67 bits per heavy atom. The number of carboxylic acids is 1. The molecule has 3 rings (SSSR count). The second-order valence-corrected chi connectivity index (χ2v) is 7.23. The summed E-state index contributed by atoms with van der Waals surface area (Å²) in [6, 6.07) is 11.8. The number of likely N-dealkylation sites (N-methyl/N-ethyl adjacent to an activating group) is 1. The van der Waals surface area contributed by atoms with E-state index in [0.29, 0.717) is 40.4 Å². The molecule has 8 heteroatoms. The number of hydrogen-bond donors (Lipinski definition) is 1. The van der Waals surface area contributed by atoms with Crippen LogP contribution in [0, 0.1) is 0 Å². The average Bonchev–Trinajstić information content (AvgIpc) is 3.03. The predicted octanol–water partition coefficient (Wildman–Crippen LogP) is 4.42. The number of hydrogen-bond acceptors (Lipinski definition) is 6. The monoisotopic (exact) mass is 426 g/mol. The van der Waals surface area contributed by atoms with Gasteiger partial charge in [-0.05, 0) is 56.0 Å². The van der Waals surface area contributed by atoms with Crippen LogP contribution in [0.15, 0.2) is 52.4 Å². The fraction of sp³-hybridized carbons (Fsp3) is 0.227. The minimum Gasteiger partial charge on any atom is -0.493 e. The summed E-state index contributed by atoms with van der Waals surface area (Å²) >= 11 is 1.24. The summed E-state index contributed by atoms with van der Waals surface area (Å²) in [5.74, 6) is -0.0260. The number of aliphatic imine (C=N–C) groups is 1. The number of nitrogens with zero attached hydrogens (tertiary/aromatic N) is 2. The molecule has 0 radical (unpaired) electrons. The Hall–Kier alpha value is -3.26. The van der Waals surface area contributed by atoms with E-state index in [1.54, 1.807) is 36.3 Å². The van der Waals surface area contributed by atoms with Crippen molar-refractivity contribution in [3.63, 3.8) is 0 Å². The lowest BCUT2D eigenvalue weighted by molar-refractivity contribution is -0.122. The van der Waals surface area contributed by atoms with Crippen LogP contribution in [0.4, 0.5) is 5.69 Å². The van der Waals surface area contributed by atoms with Crippen molar-refractivity contribution in [2.75, 3.05) is 20.3 Å². The van der Waals surface area contributed by atoms with E-state index in [9.17, 15) is 14.7 Å². The van der Waals surface area contributed by atoms with Gasteiger partial charge in [-0.3, -0.25) is 9.69 Å². The van der Waals surface area contributed by atoms with Crippen LogP contribution in [-0.2, 0) is 4.79 Å². The Morgan fingerprint density at radius 2 is 2.00 bits per heavy atom. The van der Waals surface area contributed by atoms with E-state index in [2.05, 4.69) is 4.99 Å². The highest BCUT2D eigenvalue weighted by Gasteiger charge is 2.32. The molecule has 2 aromatic carbocycles. The summed E-state index contributed by atoms with van der Waals surface area (Å²) in [7, 11) is 1.57. The molecule has 0 aliphatic carbocycles. The van der Waals surface area contributed by atoms with Gasteiger partial charge in [0, 0.05) is 12.1 Å². The zero-order valence-corrected chi connectivity index (χ0v) is 17.7. The number of aromatic carboxylic acids is 1. The Kier molecular flexibility index (Phi) is 6.79. The van der Waals surface area contributed by atoms with Crippen molar-refractivity contribution in [3.05, 3.63) is 58.5 Å². The molecule has 0 bridgehead atoms. The second-order valence-electron chi connectivity index (χ2n) is 6.22. The Labute approximate surface area is 179 Å². The van der Waals surface area contributed by atoms with Crippen molar-refractivity contribution >= 4 is 40.6 Å². The maximum atomic E-state index is 12.9. The van der Waals surface area contributed by atoms with E-state index in [1.807, 2.05) is 26.0 Å². The fourth-order valence-electron chi connectivity index (χ4n) is 2.94. The van der Waals surface area contributed by atoms with Crippen LogP contribution >= 0.6 is 11.8 Å². The number of carbonyl (C=O) groups excluding carboxylic acids is 1. The highest BCUT2D eigenvalue weighted by Crippen LogP contribution is 2.38. The topological polar surface area (TPSA) is 88.4 Å². The van der Waals surface area contributed by atoms with Crippen molar-refractivity contribution in [1.29, 1.82) is 0 Å². The summed E-state index contributed by atoms with van der Waals surface area (Å²) < 4.78 is 11.1. The van der Waals surface area contributed by atoms with E-state index < -0.39 is 5.97 Å². The SMILES string of the molecule is CCOc1c(/C=C2/SC(=Nc3cccc(C(=O)O)c3)N(CC)C2=O)cccc1OC. The van der Waals surface area contributed by atoms with Gasteiger partial charge in [0.05, 0.1) is 29.9 Å². The molecule has 156 valence electrons. The van der Waals surface area contributed by atoms with E-state index in [0.717, 1.165) is 5.56 Å². The predicted molar refractivity (Wildman–Crippen MR) is 118 cm³/mol. The Morgan fingerprint density at radius 1 is 1.23 bits per heavy atom. The largest absolute Gasteiger partial charge is 0.493 e. The van der Waals surface area contributed by atoms with Crippen LogP contribution in [0.1, 0.15) is 29.8 Å². The minimum absolute atomic E-state index is 0.141. The summed E-state index contributed by atoms with van der Waals surface area (Å²) in [6.45, 7) is 4.65. The smallest absolute Gasteiger partial charge is 0.335 e. The van der Waals surface area contributed by atoms with E-state index in [-0.39, 0.29) is 11.5 Å². The fourth-order valence-corrected chi connectivity index (χ4v) is 3.99. The molecular weight excluding hydrogens is 404 g/mol. The molecule has 1 saturated heterocycles. The van der Waals surface area contributed by atoms with Gasteiger partial charge in [-0.1, -0.05) is 18.2 Å². The first-order valence-corrected chi connectivity index (χ1v) is 10.2. The molecule has 1 fully saturated rings. The van der Waals surface area contributed by atoms with Crippen molar-refractivity contribution in [1.82, 2.24) is 4.90 Å². The molecule has 2 aromatic rings. The molecule has 1 heterocycles. The van der Waals surface area contributed by atoms with Crippen LogP contribution in [0.2, 0.25) is 0 Å². The molecule has 1 aliphatic heterocycles. The lowest BCUT2D eigenvalue weighted by Crippen LogP contribution is -2.28. The first-order valence-electron chi connectivity index (χ1n) is 9.41. The lowest BCUT2D eigenvalue weighted by atomic mass is 10.1. The molecule has 0 saturated carbocycles. The van der Waals surface area contributed by atoms with Crippen molar-refractivity contribution in [3.8, 4) is 11.5 Å². The average molecular weight is 426 g/mol. The Balaban J connectivity index is 1.99. The van der Waals surface area contributed by atoms with Crippen molar-refractivity contribution in [2.24, 2.45) is 4.99 Å². The third-order valence-electron chi connectivity index (χ3n) is 4.33. The molecule has 1 N–H and O–H groups in total. The minimum atomic E-state index is -1.03. The standard InChI is InChI=1S/C22H22N2O5S/c1-4-24-20(25)18(13-14-8-7-11-17(28-3)19(14)29-5-2)30-22(24)23-16-10-6-9-15(12-16)21(26)27/h6-13H,4-5H2,1-3H3,(H,26,27)/b18-13+,23-22?. The van der Waals surface area contributed by atoms with Crippen LogP contribution < -0.4 is 9.47 Å². The number of amides is 1.